The molecule has 5 heteroatoms. The number of carbonyl (C=O) groups excluding carboxylic acids is 1. The molecule has 18 heavy (non-hydrogen) atoms. The smallest absolute Gasteiger partial charge is 0.336 e. The van der Waals surface area contributed by atoms with Crippen molar-refractivity contribution >= 4 is 11.9 Å². The van der Waals surface area contributed by atoms with E-state index in [2.05, 4.69) is 0 Å². The molecule has 0 unspecified atom stereocenters. The Labute approximate surface area is 108 Å². The number of carboxylic acids is 1. The van der Waals surface area contributed by atoms with E-state index < -0.39 is 11.6 Å². The van der Waals surface area contributed by atoms with E-state index in [9.17, 15) is 14.7 Å². The molecule has 0 aliphatic carbocycles. The highest BCUT2D eigenvalue weighted by atomic mass is 16.5. The third-order valence-electron chi connectivity index (χ3n) is 3.39. The van der Waals surface area contributed by atoms with Gasteiger partial charge in [-0.25, -0.2) is 4.79 Å². The van der Waals surface area contributed by atoms with E-state index in [1.165, 1.54) is 7.11 Å². The van der Waals surface area contributed by atoms with Crippen LogP contribution in [0.4, 0.5) is 0 Å². The fourth-order valence-corrected chi connectivity index (χ4v) is 2.19. The van der Waals surface area contributed by atoms with E-state index in [4.69, 9.17) is 4.74 Å². The number of nitrogens with zero attached hydrogens (tertiary/aromatic N) is 1. The summed E-state index contributed by atoms with van der Waals surface area (Å²) in [6, 6.07) is 0. The lowest BCUT2D eigenvalue weighted by Gasteiger charge is -2.38. The van der Waals surface area contributed by atoms with Gasteiger partial charge in [-0.3, -0.25) is 4.79 Å². The first-order valence-corrected chi connectivity index (χ1v) is 6.26. The topological polar surface area (TPSA) is 66.8 Å². The monoisotopic (exact) mass is 257 g/mol. The molecule has 0 aromatic rings. The van der Waals surface area contributed by atoms with Gasteiger partial charge in [0.15, 0.2) is 5.60 Å². The summed E-state index contributed by atoms with van der Waals surface area (Å²) in [5, 5.41) is 9.17. The molecule has 1 aliphatic rings. The third-order valence-corrected chi connectivity index (χ3v) is 3.39. The van der Waals surface area contributed by atoms with Gasteiger partial charge in [0.1, 0.15) is 0 Å². The fraction of sp³-hybridized carbons (Fsp3) is 0.846. The van der Waals surface area contributed by atoms with E-state index in [0.717, 1.165) is 0 Å². The molecule has 5 nitrogen and oxygen atoms in total. The van der Waals surface area contributed by atoms with Crippen LogP contribution in [-0.2, 0) is 14.3 Å². The predicted molar refractivity (Wildman–Crippen MR) is 67.3 cm³/mol. The van der Waals surface area contributed by atoms with E-state index in [-0.39, 0.29) is 11.3 Å². The second-order valence-electron chi connectivity index (χ2n) is 6.12. The summed E-state index contributed by atoms with van der Waals surface area (Å²) >= 11 is 0. The normalized spacial score (nSPS) is 19.7. The average Bonchev–Trinajstić information content (AvgIpc) is 2.26. The Kier molecular flexibility index (Phi) is 4.37. The molecular formula is C13H23NO4. The fourth-order valence-electron chi connectivity index (χ4n) is 2.19. The van der Waals surface area contributed by atoms with E-state index in [1.54, 1.807) is 4.90 Å². The van der Waals surface area contributed by atoms with Gasteiger partial charge in [0.05, 0.1) is 0 Å². The zero-order valence-corrected chi connectivity index (χ0v) is 11.7. The van der Waals surface area contributed by atoms with Crippen LogP contribution in [0.1, 0.15) is 40.0 Å². The van der Waals surface area contributed by atoms with Crippen LogP contribution in [0.2, 0.25) is 0 Å². The van der Waals surface area contributed by atoms with Gasteiger partial charge in [-0.05, 0) is 5.41 Å². The van der Waals surface area contributed by atoms with Gasteiger partial charge < -0.3 is 14.7 Å². The minimum atomic E-state index is -1.11. The van der Waals surface area contributed by atoms with Crippen LogP contribution in [0.3, 0.4) is 0 Å². The molecule has 0 spiro atoms. The molecule has 104 valence electrons. The number of carboxylic acid groups (broad SMARTS) is 1. The lowest BCUT2D eigenvalue weighted by atomic mass is 9.88. The molecule has 0 bridgehead atoms. The van der Waals surface area contributed by atoms with Crippen molar-refractivity contribution in [2.24, 2.45) is 5.41 Å². The van der Waals surface area contributed by atoms with Crippen LogP contribution < -0.4 is 0 Å². The van der Waals surface area contributed by atoms with Gasteiger partial charge in [0.25, 0.3) is 0 Å². The lowest BCUT2D eigenvalue weighted by molar-refractivity contribution is -0.170. The number of likely N-dealkylation sites (tertiary alicyclic amines) is 1. The van der Waals surface area contributed by atoms with Gasteiger partial charge in [0, 0.05) is 39.5 Å². The number of hydrogen-bond donors (Lipinski definition) is 1. The average molecular weight is 257 g/mol. The van der Waals surface area contributed by atoms with Crippen LogP contribution in [0.15, 0.2) is 0 Å². The number of rotatable bonds is 3. The molecule has 1 heterocycles. The largest absolute Gasteiger partial charge is 0.479 e. The summed E-state index contributed by atoms with van der Waals surface area (Å²) < 4.78 is 5.13. The van der Waals surface area contributed by atoms with Gasteiger partial charge in [-0.15, -0.1) is 0 Å². The Bertz CT molecular complexity index is 324. The number of aliphatic carboxylic acids is 1. The zero-order chi connectivity index (χ0) is 14.0. The summed E-state index contributed by atoms with van der Waals surface area (Å²) in [5.74, 6) is -0.842. The minimum Gasteiger partial charge on any atom is -0.479 e. The Morgan fingerprint density at radius 1 is 1.28 bits per heavy atom. The highest BCUT2D eigenvalue weighted by molar-refractivity contribution is 5.80. The molecule has 1 aliphatic heterocycles. The van der Waals surface area contributed by atoms with Gasteiger partial charge in [-0.2, -0.15) is 0 Å². The number of methoxy groups -OCH3 is 1. The van der Waals surface area contributed by atoms with Crippen molar-refractivity contribution < 1.29 is 19.4 Å². The molecule has 0 saturated carbocycles. The van der Waals surface area contributed by atoms with Crippen molar-refractivity contribution in [1.29, 1.82) is 0 Å². The van der Waals surface area contributed by atoms with Crippen molar-refractivity contribution in [3.8, 4) is 0 Å². The van der Waals surface area contributed by atoms with E-state index in [1.807, 2.05) is 20.8 Å². The van der Waals surface area contributed by atoms with Gasteiger partial charge >= 0.3 is 5.97 Å². The Morgan fingerprint density at radius 2 is 1.78 bits per heavy atom. The van der Waals surface area contributed by atoms with E-state index >= 15 is 0 Å². The molecule has 1 N–H and O–H groups in total. The van der Waals surface area contributed by atoms with Crippen molar-refractivity contribution in [1.82, 2.24) is 4.90 Å². The SMILES string of the molecule is COC1(C(=O)O)CCN(C(=O)CC(C)(C)C)CC1. The Hall–Kier alpha value is -1.10. The first kappa shape index (κ1) is 15.0. The van der Waals surface area contributed by atoms with Crippen LogP contribution in [0, 0.1) is 5.41 Å². The van der Waals surface area contributed by atoms with Crippen molar-refractivity contribution in [2.75, 3.05) is 20.2 Å². The van der Waals surface area contributed by atoms with E-state index in [0.29, 0.717) is 32.4 Å². The van der Waals surface area contributed by atoms with Crippen molar-refractivity contribution in [2.45, 2.75) is 45.6 Å². The van der Waals surface area contributed by atoms with Crippen molar-refractivity contribution in [3.05, 3.63) is 0 Å². The van der Waals surface area contributed by atoms with Crippen LogP contribution >= 0.6 is 0 Å². The predicted octanol–water partition coefficient (Wildman–Crippen LogP) is 1.51. The molecule has 1 amide bonds. The molecule has 1 saturated heterocycles. The van der Waals surface area contributed by atoms with Crippen LogP contribution in [0.5, 0.6) is 0 Å². The Balaban J connectivity index is 2.58. The zero-order valence-electron chi connectivity index (χ0n) is 11.7. The van der Waals surface area contributed by atoms with Gasteiger partial charge in [0.2, 0.25) is 5.91 Å². The van der Waals surface area contributed by atoms with Crippen LogP contribution in [0.25, 0.3) is 0 Å². The van der Waals surface area contributed by atoms with Crippen LogP contribution in [-0.4, -0.2) is 47.7 Å². The number of piperidine rings is 1. The maximum atomic E-state index is 12.0. The van der Waals surface area contributed by atoms with Crippen molar-refractivity contribution in [3.63, 3.8) is 0 Å². The second-order valence-corrected chi connectivity index (χ2v) is 6.12. The minimum absolute atomic E-state index is 0.0420. The molecule has 0 atom stereocenters. The number of amides is 1. The molecule has 0 aromatic heterocycles. The first-order chi connectivity index (χ1) is 8.20. The summed E-state index contributed by atoms with van der Waals surface area (Å²) in [6.07, 6.45) is 1.20. The summed E-state index contributed by atoms with van der Waals surface area (Å²) in [6.45, 7) is 6.97. The molecular weight excluding hydrogens is 234 g/mol. The maximum Gasteiger partial charge on any atom is 0.336 e. The first-order valence-electron chi connectivity index (χ1n) is 6.26. The molecule has 1 fully saturated rings. The number of carbonyl (C=O) groups is 2. The summed E-state index contributed by atoms with van der Waals surface area (Å²) in [7, 11) is 1.42. The molecule has 0 radical (unpaired) electrons. The highest BCUT2D eigenvalue weighted by Crippen LogP contribution is 2.28. The number of ether oxygens (including phenoxy) is 1. The standard InChI is InChI=1S/C13H23NO4/c1-12(2,3)9-10(15)14-7-5-13(18-4,6-8-14)11(16)17/h5-9H2,1-4H3,(H,16,17). The Morgan fingerprint density at radius 3 is 2.11 bits per heavy atom. The highest BCUT2D eigenvalue weighted by Gasteiger charge is 2.42. The molecule has 0 aromatic carbocycles. The molecule has 1 rings (SSSR count). The lowest BCUT2D eigenvalue weighted by Crippen LogP contribution is -2.52. The number of hydrogen-bond acceptors (Lipinski definition) is 3. The maximum absolute atomic E-state index is 12.0. The summed E-state index contributed by atoms with van der Waals surface area (Å²) in [5.41, 5.74) is -1.15. The summed E-state index contributed by atoms with van der Waals surface area (Å²) in [4.78, 5) is 24.9. The second kappa shape index (κ2) is 5.26. The third kappa shape index (κ3) is 3.45. The van der Waals surface area contributed by atoms with Gasteiger partial charge in [-0.1, -0.05) is 20.8 Å². The quantitative estimate of drug-likeness (QED) is 0.832.